The Morgan fingerprint density at radius 3 is 2.32 bits per heavy atom. The van der Waals surface area contributed by atoms with Crippen molar-refractivity contribution < 1.29 is 14.2 Å². The van der Waals surface area contributed by atoms with Gasteiger partial charge in [-0.3, -0.25) is 4.57 Å². The molecule has 0 fully saturated rings. The number of aryl methyl sites for hydroxylation is 1. The van der Waals surface area contributed by atoms with Gasteiger partial charge in [0, 0.05) is 5.22 Å². The number of benzene rings is 3. The van der Waals surface area contributed by atoms with Crippen LogP contribution in [-0.2, 0) is 0 Å². The molecule has 0 saturated heterocycles. The third kappa shape index (κ3) is 3.71. The normalized spacial score (nSPS) is 13.5. The minimum Gasteiger partial charge on any atom is -0.493 e. The Balaban J connectivity index is 1.42. The van der Waals surface area contributed by atoms with Crippen LogP contribution in [0.4, 0.5) is 4.39 Å². The highest BCUT2D eigenvalue weighted by molar-refractivity contribution is 5.67. The van der Waals surface area contributed by atoms with Crippen molar-refractivity contribution >= 4 is 12.2 Å². The molecule has 2 heterocycles. The highest BCUT2D eigenvalue weighted by Crippen LogP contribution is 2.29. The van der Waals surface area contributed by atoms with Crippen LogP contribution >= 0.6 is 0 Å². The van der Waals surface area contributed by atoms with Crippen LogP contribution in [0, 0.1) is 12.7 Å². The number of aromatic nitrogens is 2. The number of hydrogen-bond acceptors (Lipinski definition) is 4. The van der Waals surface area contributed by atoms with Crippen LogP contribution < -0.4 is 15.3 Å². The molecule has 1 aliphatic heterocycles. The Labute approximate surface area is 177 Å². The summed E-state index contributed by atoms with van der Waals surface area (Å²) >= 11 is 0. The number of aromatic hydroxyl groups is 1. The van der Waals surface area contributed by atoms with Crippen LogP contribution in [0.15, 0.2) is 83.5 Å². The number of rotatable bonds is 4. The number of fused-ring (bicyclic) bond motifs is 1. The lowest BCUT2D eigenvalue weighted by molar-refractivity contribution is 0.440. The average Bonchev–Trinajstić information content (AvgIpc) is 3.30. The van der Waals surface area contributed by atoms with Gasteiger partial charge in [-0.05, 0) is 73.7 Å². The van der Waals surface area contributed by atoms with Gasteiger partial charge in [0.2, 0.25) is 5.88 Å². The minimum absolute atomic E-state index is 0.0387. The second-order valence-corrected chi connectivity index (χ2v) is 7.14. The summed E-state index contributed by atoms with van der Waals surface area (Å²) < 4.78 is 20.4. The van der Waals surface area contributed by atoms with Gasteiger partial charge in [0.25, 0.3) is 0 Å². The molecule has 0 aliphatic carbocycles. The molecule has 5 rings (SSSR count). The van der Waals surface area contributed by atoms with Crippen molar-refractivity contribution in [1.82, 2.24) is 9.55 Å². The molecule has 1 N–H and O–H groups in total. The van der Waals surface area contributed by atoms with Gasteiger partial charge in [0.05, 0.1) is 16.7 Å². The van der Waals surface area contributed by atoms with E-state index in [0.29, 0.717) is 23.0 Å². The summed E-state index contributed by atoms with van der Waals surface area (Å²) in [5.74, 6) is 1.52. The molecule has 4 aromatic rings. The SMILES string of the molecule is Cc1nc(/C=C2\C=c3ccccc3=N2)c(O)n1-c1ccc(Oc2ccc(F)cc2)cc1. The lowest BCUT2D eigenvalue weighted by atomic mass is 10.2. The predicted octanol–water partition coefficient (Wildman–Crippen LogP) is 4.27. The van der Waals surface area contributed by atoms with Crippen LogP contribution in [0.5, 0.6) is 17.4 Å². The summed E-state index contributed by atoms with van der Waals surface area (Å²) in [5.41, 5.74) is 1.94. The van der Waals surface area contributed by atoms with Gasteiger partial charge in [-0.25, -0.2) is 14.4 Å². The van der Waals surface area contributed by atoms with Gasteiger partial charge in [-0.15, -0.1) is 0 Å². The molecule has 31 heavy (non-hydrogen) atoms. The zero-order valence-electron chi connectivity index (χ0n) is 16.7. The topological polar surface area (TPSA) is 59.6 Å². The maximum absolute atomic E-state index is 13.0. The monoisotopic (exact) mass is 411 g/mol. The van der Waals surface area contributed by atoms with Crippen LogP contribution in [0.1, 0.15) is 11.5 Å². The Kier molecular flexibility index (Phi) is 4.59. The third-order valence-corrected chi connectivity index (χ3v) is 4.97. The summed E-state index contributed by atoms with van der Waals surface area (Å²) in [5, 5.41) is 12.8. The fourth-order valence-corrected chi connectivity index (χ4v) is 3.51. The van der Waals surface area contributed by atoms with Crippen molar-refractivity contribution in [2.24, 2.45) is 4.99 Å². The molecule has 1 aliphatic rings. The number of ether oxygens (including phenoxy) is 1. The lowest BCUT2D eigenvalue weighted by Gasteiger charge is -2.09. The smallest absolute Gasteiger partial charge is 0.223 e. The predicted molar refractivity (Wildman–Crippen MR) is 116 cm³/mol. The van der Waals surface area contributed by atoms with E-state index in [-0.39, 0.29) is 11.7 Å². The van der Waals surface area contributed by atoms with E-state index in [1.54, 1.807) is 34.9 Å². The van der Waals surface area contributed by atoms with E-state index in [1.807, 2.05) is 49.4 Å². The Morgan fingerprint density at radius 2 is 1.61 bits per heavy atom. The number of para-hydroxylation sites is 1. The molecule has 0 saturated carbocycles. The second-order valence-electron chi connectivity index (χ2n) is 7.14. The van der Waals surface area contributed by atoms with Crippen LogP contribution in [0.2, 0.25) is 0 Å². The maximum Gasteiger partial charge on any atom is 0.223 e. The molecule has 1 aromatic heterocycles. The standard InChI is InChI=1S/C25H18FN3O2/c1-16-27-24(15-19-14-17-4-2-3-5-23(17)28-19)25(30)29(16)20-8-12-22(13-9-20)31-21-10-6-18(26)7-11-21/h2-15,30H,1H3/b19-15+. The van der Waals surface area contributed by atoms with E-state index >= 15 is 0 Å². The fraction of sp³-hybridized carbons (Fsp3) is 0.0400. The Morgan fingerprint density at radius 1 is 0.935 bits per heavy atom. The van der Waals surface area contributed by atoms with Gasteiger partial charge in [-0.1, -0.05) is 18.2 Å². The average molecular weight is 411 g/mol. The summed E-state index contributed by atoms with van der Waals surface area (Å²) in [6.45, 7) is 1.83. The van der Waals surface area contributed by atoms with E-state index in [9.17, 15) is 9.50 Å². The third-order valence-electron chi connectivity index (χ3n) is 4.97. The van der Waals surface area contributed by atoms with Crippen molar-refractivity contribution in [3.8, 4) is 23.1 Å². The first-order valence-electron chi connectivity index (χ1n) is 9.76. The molecule has 5 nitrogen and oxygen atoms in total. The van der Waals surface area contributed by atoms with Gasteiger partial charge in [-0.2, -0.15) is 0 Å². The molecule has 6 heteroatoms. The number of halogens is 1. The minimum atomic E-state index is -0.314. The first-order chi connectivity index (χ1) is 15.1. The Bertz CT molecular complexity index is 1380. The highest BCUT2D eigenvalue weighted by Gasteiger charge is 2.15. The summed E-state index contributed by atoms with van der Waals surface area (Å²) in [6.07, 6.45) is 3.73. The van der Waals surface area contributed by atoms with Gasteiger partial charge in [0.15, 0.2) is 0 Å². The van der Waals surface area contributed by atoms with E-state index in [1.165, 1.54) is 12.1 Å². The molecule has 0 spiro atoms. The lowest BCUT2D eigenvalue weighted by Crippen LogP contribution is -2.19. The van der Waals surface area contributed by atoms with Gasteiger partial charge in [0.1, 0.15) is 28.8 Å². The van der Waals surface area contributed by atoms with Crippen molar-refractivity contribution in [2.75, 3.05) is 0 Å². The van der Waals surface area contributed by atoms with E-state index in [0.717, 1.165) is 22.0 Å². The first-order valence-corrected chi connectivity index (χ1v) is 9.76. The van der Waals surface area contributed by atoms with Crippen molar-refractivity contribution in [3.63, 3.8) is 0 Å². The molecule has 0 unspecified atom stereocenters. The first kappa shape index (κ1) is 18.8. The quantitative estimate of drug-likeness (QED) is 0.546. The fourth-order valence-electron chi connectivity index (χ4n) is 3.51. The number of nitrogens with zero attached hydrogens (tertiary/aromatic N) is 3. The zero-order chi connectivity index (χ0) is 21.4. The Hall–Kier alpha value is -4.19. The molecule has 0 atom stereocenters. The van der Waals surface area contributed by atoms with Crippen LogP contribution in [-0.4, -0.2) is 14.7 Å². The van der Waals surface area contributed by atoms with E-state index in [4.69, 9.17) is 4.74 Å². The van der Waals surface area contributed by atoms with Crippen LogP contribution in [0.25, 0.3) is 17.8 Å². The van der Waals surface area contributed by atoms with Gasteiger partial charge < -0.3 is 9.84 Å². The maximum atomic E-state index is 13.0. The number of allylic oxidation sites excluding steroid dienone is 1. The van der Waals surface area contributed by atoms with Crippen molar-refractivity contribution in [2.45, 2.75) is 6.92 Å². The van der Waals surface area contributed by atoms with Gasteiger partial charge >= 0.3 is 0 Å². The number of imidazole rings is 1. The largest absolute Gasteiger partial charge is 0.493 e. The summed E-state index contributed by atoms with van der Waals surface area (Å²) in [6, 6.07) is 20.9. The highest BCUT2D eigenvalue weighted by atomic mass is 19.1. The molecular formula is C25H18FN3O2. The summed E-state index contributed by atoms with van der Waals surface area (Å²) in [4.78, 5) is 9.06. The molecule has 3 aromatic carbocycles. The second kappa shape index (κ2) is 7.57. The molecule has 0 amide bonds. The molecular weight excluding hydrogens is 393 g/mol. The van der Waals surface area contributed by atoms with Crippen molar-refractivity contribution in [1.29, 1.82) is 0 Å². The van der Waals surface area contributed by atoms with Crippen molar-refractivity contribution in [3.05, 3.63) is 106 Å². The molecule has 152 valence electrons. The van der Waals surface area contributed by atoms with E-state index in [2.05, 4.69) is 9.98 Å². The molecule has 0 bridgehead atoms. The summed E-state index contributed by atoms with van der Waals surface area (Å²) in [7, 11) is 0. The molecule has 0 radical (unpaired) electrons. The van der Waals surface area contributed by atoms with E-state index < -0.39 is 0 Å². The van der Waals surface area contributed by atoms with Crippen LogP contribution in [0.3, 0.4) is 0 Å². The number of hydrogen-bond donors (Lipinski definition) is 1. The zero-order valence-corrected chi connectivity index (χ0v) is 16.7.